The lowest BCUT2D eigenvalue weighted by Crippen LogP contribution is -1.94. The molecular formula is C7H18AlO2P. The van der Waals surface area contributed by atoms with Gasteiger partial charge in [0.25, 0.3) is 0 Å². The van der Waals surface area contributed by atoms with E-state index in [0.717, 1.165) is 12.3 Å². The van der Waals surface area contributed by atoms with Crippen LogP contribution in [0.4, 0.5) is 0 Å². The molecule has 0 heterocycles. The number of rotatable bonds is 3. The molecule has 0 aromatic rings. The zero-order valence-electron chi connectivity index (χ0n) is 6.18. The van der Waals surface area contributed by atoms with Crippen LogP contribution >= 0.6 is 8.03 Å². The Labute approximate surface area is 79.4 Å². The molecule has 4 heteroatoms. The number of hydrogen-bond donors (Lipinski definition) is 1. The highest BCUT2D eigenvalue weighted by molar-refractivity contribution is 7.37. The summed E-state index contributed by atoms with van der Waals surface area (Å²) in [5.74, 6) is 0.765. The molecule has 0 bridgehead atoms. The zero-order valence-corrected chi connectivity index (χ0v) is 7.18. The van der Waals surface area contributed by atoms with Gasteiger partial charge < -0.3 is 4.89 Å². The van der Waals surface area contributed by atoms with E-state index >= 15 is 0 Å². The standard InChI is InChI=1S/C7H15O2P.Al.3H/c8-10(9)6-5-7-3-1-2-4-7;;;;/h7,10H,1-6H2,(H,8,9);;;;. The summed E-state index contributed by atoms with van der Waals surface area (Å²) in [6.45, 7) is 0. The van der Waals surface area contributed by atoms with E-state index in [9.17, 15) is 4.57 Å². The molecule has 1 saturated carbocycles. The van der Waals surface area contributed by atoms with Gasteiger partial charge in [-0.25, -0.2) is 0 Å². The molecule has 1 N–H and O–H groups in total. The van der Waals surface area contributed by atoms with E-state index in [2.05, 4.69) is 0 Å². The van der Waals surface area contributed by atoms with Gasteiger partial charge in [-0.1, -0.05) is 25.7 Å². The van der Waals surface area contributed by atoms with Gasteiger partial charge in [0.1, 0.15) is 0 Å². The zero-order chi connectivity index (χ0) is 7.40. The van der Waals surface area contributed by atoms with Crippen LogP contribution in [0.5, 0.6) is 0 Å². The topological polar surface area (TPSA) is 37.3 Å². The average molecular weight is 192 g/mol. The highest BCUT2D eigenvalue weighted by Crippen LogP contribution is 2.30. The van der Waals surface area contributed by atoms with Gasteiger partial charge >= 0.3 is 0 Å². The van der Waals surface area contributed by atoms with Crippen molar-refractivity contribution >= 4 is 25.4 Å². The fourth-order valence-electron chi connectivity index (χ4n) is 1.63. The monoisotopic (exact) mass is 192 g/mol. The van der Waals surface area contributed by atoms with Crippen molar-refractivity contribution in [2.45, 2.75) is 32.1 Å². The van der Waals surface area contributed by atoms with Gasteiger partial charge in [-0.2, -0.15) is 0 Å². The lowest BCUT2D eigenvalue weighted by Gasteiger charge is -2.04. The third kappa shape index (κ3) is 5.04. The van der Waals surface area contributed by atoms with Crippen molar-refractivity contribution in [1.82, 2.24) is 0 Å². The molecule has 1 atom stereocenters. The first-order valence-corrected chi connectivity index (χ1v) is 5.57. The maximum absolute atomic E-state index is 10.3. The van der Waals surface area contributed by atoms with Crippen LogP contribution in [0, 0.1) is 5.92 Å². The van der Waals surface area contributed by atoms with Gasteiger partial charge in [0.2, 0.25) is 0 Å². The maximum atomic E-state index is 10.3. The predicted octanol–water partition coefficient (Wildman–Crippen LogP) is 0.850. The van der Waals surface area contributed by atoms with Crippen LogP contribution in [-0.2, 0) is 4.57 Å². The SMILES string of the molecule is O=[PH](O)CCC1CCCC1.[AlH3]. The van der Waals surface area contributed by atoms with E-state index < -0.39 is 8.03 Å². The van der Waals surface area contributed by atoms with Crippen molar-refractivity contribution in [2.24, 2.45) is 5.92 Å². The van der Waals surface area contributed by atoms with Crippen LogP contribution in [-0.4, -0.2) is 28.4 Å². The maximum Gasteiger partial charge on any atom is 0.189 e. The summed E-state index contributed by atoms with van der Waals surface area (Å²) < 4.78 is 10.3. The molecule has 1 rings (SSSR count). The van der Waals surface area contributed by atoms with Gasteiger partial charge in [-0.3, -0.25) is 4.57 Å². The summed E-state index contributed by atoms with van der Waals surface area (Å²) in [5.41, 5.74) is 0. The van der Waals surface area contributed by atoms with Crippen molar-refractivity contribution in [3.8, 4) is 0 Å². The Kier molecular flexibility index (Phi) is 6.67. The van der Waals surface area contributed by atoms with E-state index in [0.29, 0.717) is 6.16 Å². The minimum absolute atomic E-state index is 0. The molecule has 0 amide bonds. The lowest BCUT2D eigenvalue weighted by atomic mass is 10.1. The third-order valence-electron chi connectivity index (χ3n) is 2.24. The van der Waals surface area contributed by atoms with Gasteiger partial charge in [0.05, 0.1) is 0 Å². The molecule has 66 valence electrons. The quantitative estimate of drug-likeness (QED) is 0.531. The fourth-order valence-corrected chi connectivity index (χ4v) is 2.28. The molecule has 0 aliphatic heterocycles. The Morgan fingerprint density at radius 1 is 1.36 bits per heavy atom. The third-order valence-corrected chi connectivity index (χ3v) is 2.96. The molecule has 1 aliphatic rings. The molecule has 1 aliphatic carbocycles. The molecule has 1 fully saturated rings. The fraction of sp³-hybridized carbons (Fsp3) is 1.00. The summed E-state index contributed by atoms with van der Waals surface area (Å²) in [6.07, 6.45) is 6.77. The molecule has 0 saturated heterocycles. The molecule has 2 nitrogen and oxygen atoms in total. The normalized spacial score (nSPS) is 21.2. The molecule has 0 spiro atoms. The van der Waals surface area contributed by atoms with Crippen LogP contribution in [0.15, 0.2) is 0 Å². The Bertz CT molecular complexity index is 124. The largest absolute Gasteiger partial charge is 0.346 e. The van der Waals surface area contributed by atoms with E-state index in [1.807, 2.05) is 0 Å². The van der Waals surface area contributed by atoms with E-state index in [1.54, 1.807) is 0 Å². The van der Waals surface area contributed by atoms with E-state index in [4.69, 9.17) is 4.89 Å². The van der Waals surface area contributed by atoms with E-state index in [1.165, 1.54) is 25.7 Å². The van der Waals surface area contributed by atoms with Gasteiger partial charge in [0.15, 0.2) is 25.4 Å². The second-order valence-electron chi connectivity index (χ2n) is 3.08. The summed E-state index contributed by atoms with van der Waals surface area (Å²) in [7, 11) is -2.17. The molecule has 0 aromatic heterocycles. The van der Waals surface area contributed by atoms with Crippen molar-refractivity contribution in [1.29, 1.82) is 0 Å². The van der Waals surface area contributed by atoms with Crippen LogP contribution in [0.1, 0.15) is 32.1 Å². The van der Waals surface area contributed by atoms with Crippen molar-refractivity contribution in [3.63, 3.8) is 0 Å². The minimum Gasteiger partial charge on any atom is -0.346 e. The first kappa shape index (κ1) is 11.7. The molecule has 11 heavy (non-hydrogen) atoms. The van der Waals surface area contributed by atoms with Crippen molar-refractivity contribution in [2.75, 3.05) is 6.16 Å². The van der Waals surface area contributed by atoms with Crippen molar-refractivity contribution < 1.29 is 9.46 Å². The highest BCUT2D eigenvalue weighted by atomic mass is 31.1. The molecule has 0 radical (unpaired) electrons. The number of hydrogen-bond acceptors (Lipinski definition) is 1. The first-order chi connectivity index (χ1) is 4.79. The Balaban J connectivity index is 0.000001000. The molecule has 1 unspecified atom stereocenters. The Hall–Kier alpha value is 0.722. The van der Waals surface area contributed by atoms with E-state index in [-0.39, 0.29) is 17.4 Å². The summed E-state index contributed by atoms with van der Waals surface area (Å²) in [5, 5.41) is 0. The van der Waals surface area contributed by atoms with Gasteiger partial charge in [-0.05, 0) is 12.3 Å². The van der Waals surface area contributed by atoms with Crippen LogP contribution in [0.3, 0.4) is 0 Å². The van der Waals surface area contributed by atoms with Gasteiger partial charge in [0, 0.05) is 6.16 Å². The molecule has 0 aromatic carbocycles. The van der Waals surface area contributed by atoms with Crippen molar-refractivity contribution in [3.05, 3.63) is 0 Å². The highest BCUT2D eigenvalue weighted by Gasteiger charge is 2.14. The van der Waals surface area contributed by atoms with Gasteiger partial charge in [-0.15, -0.1) is 0 Å². The van der Waals surface area contributed by atoms with Crippen LogP contribution in [0.2, 0.25) is 0 Å². The average Bonchev–Trinajstić information content (AvgIpc) is 2.34. The second-order valence-corrected chi connectivity index (χ2v) is 4.37. The van der Waals surface area contributed by atoms with Crippen LogP contribution < -0.4 is 0 Å². The first-order valence-electron chi connectivity index (χ1n) is 4.01. The second kappa shape index (κ2) is 6.26. The Morgan fingerprint density at radius 2 is 1.91 bits per heavy atom. The summed E-state index contributed by atoms with van der Waals surface area (Å²) in [4.78, 5) is 8.56. The molecular weight excluding hydrogens is 174 g/mol. The summed E-state index contributed by atoms with van der Waals surface area (Å²) >= 11 is 0. The van der Waals surface area contributed by atoms with Crippen LogP contribution in [0.25, 0.3) is 0 Å². The predicted molar refractivity (Wildman–Crippen MR) is 52.6 cm³/mol. The Morgan fingerprint density at radius 3 is 2.36 bits per heavy atom. The summed E-state index contributed by atoms with van der Waals surface area (Å²) in [6, 6.07) is 0. The minimum atomic E-state index is -2.17. The lowest BCUT2D eigenvalue weighted by molar-refractivity contribution is 0.481. The smallest absolute Gasteiger partial charge is 0.189 e.